The number of fused-ring (bicyclic) bond motifs is 2. The van der Waals surface area contributed by atoms with Crippen molar-refractivity contribution in [2.75, 3.05) is 55.9 Å². The molecule has 42 heavy (non-hydrogen) atoms. The summed E-state index contributed by atoms with van der Waals surface area (Å²) in [6.45, 7) is 14.2. The molecule has 2 aliphatic rings. The van der Waals surface area contributed by atoms with Crippen molar-refractivity contribution in [2.45, 2.75) is 65.2 Å². The fraction of sp³-hybridized carbons (Fsp3) is 0.529. The highest BCUT2D eigenvalue weighted by Gasteiger charge is 2.37. The summed E-state index contributed by atoms with van der Waals surface area (Å²) in [6.07, 6.45) is 3.56. The molecule has 0 spiro atoms. The summed E-state index contributed by atoms with van der Waals surface area (Å²) >= 11 is 1.81. The highest BCUT2D eigenvalue weighted by molar-refractivity contribution is 7.17. The van der Waals surface area contributed by atoms with Gasteiger partial charge in [0, 0.05) is 66.3 Å². The summed E-state index contributed by atoms with van der Waals surface area (Å²) in [6, 6.07) is 14.8. The molecular weight excluding hydrogens is 546 g/mol. The number of hydrogen-bond acceptors (Lipinski definition) is 7. The number of ether oxygens (including phenoxy) is 2. The number of piperazine rings is 1. The van der Waals surface area contributed by atoms with Crippen LogP contribution < -0.4 is 14.5 Å². The van der Waals surface area contributed by atoms with Crippen LogP contribution in [0.3, 0.4) is 0 Å². The van der Waals surface area contributed by atoms with Gasteiger partial charge in [0.1, 0.15) is 5.75 Å². The molecule has 226 valence electrons. The third kappa shape index (κ3) is 7.27. The minimum atomic E-state index is -0.288. The van der Waals surface area contributed by atoms with Crippen LogP contribution in [-0.2, 0) is 19.7 Å². The maximum atomic E-state index is 13.0. The van der Waals surface area contributed by atoms with Crippen molar-refractivity contribution < 1.29 is 19.1 Å². The number of nitrogens with zero attached hydrogens (tertiary/aromatic N) is 3. The number of esters is 1. The lowest BCUT2D eigenvalue weighted by Gasteiger charge is -2.38. The van der Waals surface area contributed by atoms with Gasteiger partial charge in [0.2, 0.25) is 5.91 Å². The predicted molar refractivity (Wildman–Crippen MR) is 172 cm³/mol. The number of anilines is 2. The molecule has 0 aliphatic carbocycles. The molecular formula is C34H45N3O4S. The monoisotopic (exact) mass is 591 g/mol. The second-order valence-electron chi connectivity index (χ2n) is 12.6. The van der Waals surface area contributed by atoms with Crippen molar-refractivity contribution >= 4 is 44.7 Å². The molecule has 0 radical (unpaired) electrons. The molecule has 7 nitrogen and oxygen atoms in total. The molecule has 0 atom stereocenters. The summed E-state index contributed by atoms with van der Waals surface area (Å²) in [4.78, 5) is 32.0. The van der Waals surface area contributed by atoms with Crippen LogP contribution in [0, 0.1) is 5.92 Å². The number of thiophene rings is 1. The van der Waals surface area contributed by atoms with E-state index < -0.39 is 0 Å². The summed E-state index contributed by atoms with van der Waals surface area (Å²) in [7, 11) is 0. The molecule has 1 amide bonds. The number of rotatable bonds is 12. The van der Waals surface area contributed by atoms with Crippen LogP contribution in [0.1, 0.15) is 65.4 Å². The van der Waals surface area contributed by atoms with E-state index in [0.29, 0.717) is 25.4 Å². The zero-order valence-electron chi connectivity index (χ0n) is 25.6. The molecule has 5 rings (SSSR count). The molecule has 0 unspecified atom stereocenters. The molecule has 0 bridgehead atoms. The maximum absolute atomic E-state index is 13.0. The molecule has 3 aromatic rings. The number of unbranched alkanes of at least 4 members (excludes halogenated alkanes) is 1. The van der Waals surface area contributed by atoms with Crippen molar-refractivity contribution in [3.8, 4) is 5.75 Å². The minimum absolute atomic E-state index is 0.0339. The number of amides is 1. The topological polar surface area (TPSA) is 62.3 Å². The lowest BCUT2D eigenvalue weighted by atomic mass is 9.77. The van der Waals surface area contributed by atoms with Gasteiger partial charge in [-0.05, 0) is 66.9 Å². The number of carbonyl (C=O) groups excluding carboxylic acids is 2. The van der Waals surface area contributed by atoms with Crippen LogP contribution in [0.15, 0.2) is 47.8 Å². The van der Waals surface area contributed by atoms with Gasteiger partial charge in [0.15, 0.2) is 6.73 Å². The zero-order valence-corrected chi connectivity index (χ0v) is 26.4. The molecule has 1 saturated heterocycles. The smallest absolute Gasteiger partial charge is 0.307 e. The Labute approximate surface area is 254 Å². The van der Waals surface area contributed by atoms with Crippen LogP contribution in [0.4, 0.5) is 11.4 Å². The van der Waals surface area contributed by atoms with Gasteiger partial charge in [-0.25, -0.2) is 0 Å². The summed E-state index contributed by atoms with van der Waals surface area (Å²) < 4.78 is 13.0. The first kappa shape index (κ1) is 30.4. The molecule has 3 heterocycles. The van der Waals surface area contributed by atoms with E-state index in [0.717, 1.165) is 69.0 Å². The van der Waals surface area contributed by atoms with Crippen molar-refractivity contribution in [3.05, 3.63) is 53.4 Å². The van der Waals surface area contributed by atoms with Gasteiger partial charge in [0.25, 0.3) is 0 Å². The van der Waals surface area contributed by atoms with Gasteiger partial charge < -0.3 is 14.4 Å². The summed E-state index contributed by atoms with van der Waals surface area (Å²) in [5.41, 5.74) is 2.92. The highest BCUT2D eigenvalue weighted by Crippen LogP contribution is 2.42. The Kier molecular flexibility index (Phi) is 9.74. The summed E-state index contributed by atoms with van der Waals surface area (Å²) in [5.74, 6) is 0.870. The quantitative estimate of drug-likeness (QED) is 0.170. The molecule has 8 heteroatoms. The van der Waals surface area contributed by atoms with Crippen molar-refractivity contribution in [1.29, 1.82) is 0 Å². The normalized spacial score (nSPS) is 17.1. The fourth-order valence-electron chi connectivity index (χ4n) is 5.95. The minimum Gasteiger partial charge on any atom is -0.494 e. The van der Waals surface area contributed by atoms with Crippen molar-refractivity contribution in [1.82, 2.24) is 4.90 Å². The van der Waals surface area contributed by atoms with E-state index in [4.69, 9.17) is 9.47 Å². The van der Waals surface area contributed by atoms with Crippen LogP contribution in [-0.4, -0.2) is 62.8 Å². The van der Waals surface area contributed by atoms with Gasteiger partial charge in [-0.2, -0.15) is 0 Å². The van der Waals surface area contributed by atoms with Crippen molar-refractivity contribution in [2.24, 2.45) is 5.92 Å². The van der Waals surface area contributed by atoms with E-state index in [9.17, 15) is 9.59 Å². The lowest BCUT2D eigenvalue weighted by molar-refractivity contribution is -0.144. The second-order valence-corrected chi connectivity index (χ2v) is 13.6. The van der Waals surface area contributed by atoms with Crippen LogP contribution in [0.25, 0.3) is 10.1 Å². The molecule has 0 N–H and O–H groups in total. The van der Waals surface area contributed by atoms with E-state index >= 15 is 0 Å². The Morgan fingerprint density at radius 2 is 1.83 bits per heavy atom. The van der Waals surface area contributed by atoms with Gasteiger partial charge in [0.05, 0.1) is 12.3 Å². The molecule has 2 aliphatic heterocycles. The molecule has 0 saturated carbocycles. The van der Waals surface area contributed by atoms with E-state index in [1.54, 1.807) is 4.90 Å². The van der Waals surface area contributed by atoms with Gasteiger partial charge in [-0.3, -0.25) is 19.4 Å². The first-order chi connectivity index (χ1) is 20.2. The number of hydrogen-bond donors (Lipinski definition) is 0. The van der Waals surface area contributed by atoms with Gasteiger partial charge >= 0.3 is 5.97 Å². The third-order valence-corrected chi connectivity index (χ3v) is 9.37. The maximum Gasteiger partial charge on any atom is 0.307 e. The molecule has 1 fully saturated rings. The van der Waals surface area contributed by atoms with Crippen LogP contribution in [0.2, 0.25) is 0 Å². The second kappa shape index (κ2) is 13.5. The van der Waals surface area contributed by atoms with Crippen LogP contribution in [0.5, 0.6) is 5.75 Å². The summed E-state index contributed by atoms with van der Waals surface area (Å²) in [5, 5.41) is 3.55. The lowest BCUT2D eigenvalue weighted by Crippen LogP contribution is -2.46. The average Bonchev–Trinajstić information content (AvgIpc) is 3.45. The zero-order chi connectivity index (χ0) is 29.7. The van der Waals surface area contributed by atoms with E-state index in [2.05, 4.69) is 73.2 Å². The Balaban J connectivity index is 1.09. The molecule has 2 aromatic carbocycles. The number of carbonyl (C=O) groups is 2. The Hall–Kier alpha value is -3.10. The van der Waals surface area contributed by atoms with Crippen LogP contribution >= 0.6 is 11.3 Å². The Bertz CT molecular complexity index is 1380. The Morgan fingerprint density at radius 3 is 2.62 bits per heavy atom. The molecule has 1 aromatic heterocycles. The first-order valence-electron chi connectivity index (χ1n) is 15.4. The van der Waals surface area contributed by atoms with E-state index in [1.807, 2.05) is 23.5 Å². The average molecular weight is 592 g/mol. The van der Waals surface area contributed by atoms with E-state index in [-0.39, 0.29) is 24.0 Å². The largest absolute Gasteiger partial charge is 0.494 e. The van der Waals surface area contributed by atoms with Gasteiger partial charge in [-0.15, -0.1) is 11.3 Å². The van der Waals surface area contributed by atoms with Gasteiger partial charge in [-0.1, -0.05) is 39.8 Å². The SMILES string of the molecule is CC(C)CCC(=O)OCN1C(=O)CC(C)(C)c2ccc(OCCCCN3CCN(c4cccc5sccc45)CC3)cc21. The number of benzene rings is 2. The van der Waals surface area contributed by atoms with E-state index in [1.165, 1.54) is 15.8 Å². The Morgan fingerprint density at radius 1 is 1.02 bits per heavy atom. The highest BCUT2D eigenvalue weighted by atomic mass is 32.1. The standard InChI is InChI=1S/C34H45N3O4S/c1-25(2)10-13-33(39)41-24-37-30-22-26(11-12-28(30)34(3,4)23-32(37)38)40-20-6-5-15-35-16-18-36(19-17-35)29-8-7-9-31-27(29)14-21-42-31/h7-9,11-12,14,21-22,25H,5-6,10,13,15-20,23-24H2,1-4H3. The predicted octanol–water partition coefficient (Wildman–Crippen LogP) is 6.83. The van der Waals surface area contributed by atoms with Crippen molar-refractivity contribution in [3.63, 3.8) is 0 Å². The first-order valence-corrected chi connectivity index (χ1v) is 16.3. The fourth-order valence-corrected chi connectivity index (χ4v) is 6.76. The third-order valence-electron chi connectivity index (χ3n) is 8.49.